The molecule has 0 aliphatic carbocycles. The molecule has 0 unspecified atom stereocenters. The molecule has 0 bridgehead atoms. The Bertz CT molecular complexity index is 542. The number of carbonyl (C=O) groups is 1. The normalized spacial score (nSPS) is 17.3. The van der Waals surface area contributed by atoms with Crippen LogP contribution in [0.15, 0.2) is 18.2 Å². The summed E-state index contributed by atoms with van der Waals surface area (Å²) in [7, 11) is 3.80. The van der Waals surface area contributed by atoms with E-state index in [1.807, 2.05) is 25.1 Å². The molecule has 1 atom stereocenters. The molecule has 2 N–H and O–H groups in total. The first-order chi connectivity index (χ1) is 11.5. The maximum atomic E-state index is 12.1. The highest BCUT2D eigenvalue weighted by atomic mass is 16.5. The zero-order valence-corrected chi connectivity index (χ0v) is 15.3. The highest BCUT2D eigenvalue weighted by molar-refractivity contribution is 5.90. The van der Waals surface area contributed by atoms with E-state index in [1.54, 1.807) is 7.11 Å². The van der Waals surface area contributed by atoms with Gasteiger partial charge in [0.15, 0.2) is 0 Å². The van der Waals surface area contributed by atoms with Crippen LogP contribution >= 0.6 is 0 Å². The summed E-state index contributed by atoms with van der Waals surface area (Å²) in [6, 6.07) is 5.46. The van der Waals surface area contributed by atoms with Crippen LogP contribution in [-0.4, -0.2) is 69.3 Å². The predicted octanol–water partition coefficient (Wildman–Crippen LogP) is 2.01. The predicted molar refractivity (Wildman–Crippen MR) is 97.9 cm³/mol. The topological polar surface area (TPSA) is 56.8 Å². The molecule has 1 aromatic carbocycles. The van der Waals surface area contributed by atoms with E-state index in [1.165, 1.54) is 0 Å². The summed E-state index contributed by atoms with van der Waals surface area (Å²) < 4.78 is 5.18. The van der Waals surface area contributed by atoms with Gasteiger partial charge in [-0.2, -0.15) is 0 Å². The number of nitrogens with zero attached hydrogens (tertiary/aromatic N) is 2. The molecule has 2 rings (SSSR count). The van der Waals surface area contributed by atoms with Crippen molar-refractivity contribution in [3.63, 3.8) is 0 Å². The highest BCUT2D eigenvalue weighted by Gasteiger charge is 2.16. The van der Waals surface area contributed by atoms with Gasteiger partial charge in [-0.3, -0.25) is 0 Å². The third-order valence-corrected chi connectivity index (χ3v) is 4.46. The van der Waals surface area contributed by atoms with Gasteiger partial charge in [0.2, 0.25) is 0 Å². The van der Waals surface area contributed by atoms with Gasteiger partial charge in [0, 0.05) is 45.0 Å². The van der Waals surface area contributed by atoms with Gasteiger partial charge in [-0.15, -0.1) is 0 Å². The molecule has 0 aromatic heterocycles. The highest BCUT2D eigenvalue weighted by Crippen LogP contribution is 2.20. The van der Waals surface area contributed by atoms with Crippen molar-refractivity contribution in [3.8, 4) is 5.75 Å². The van der Waals surface area contributed by atoms with Gasteiger partial charge in [-0.1, -0.05) is 6.92 Å². The van der Waals surface area contributed by atoms with E-state index >= 15 is 0 Å². The van der Waals surface area contributed by atoms with E-state index in [2.05, 4.69) is 34.4 Å². The molecular formula is C18H30N4O2. The van der Waals surface area contributed by atoms with Crippen LogP contribution in [0.2, 0.25) is 0 Å². The average molecular weight is 334 g/mol. The molecule has 0 radical (unpaired) electrons. The van der Waals surface area contributed by atoms with Crippen LogP contribution in [0, 0.1) is 12.8 Å². The van der Waals surface area contributed by atoms with E-state index in [0.717, 1.165) is 49.7 Å². The molecule has 1 aromatic rings. The zero-order chi connectivity index (χ0) is 17.5. The zero-order valence-electron chi connectivity index (χ0n) is 15.3. The number of piperazine rings is 1. The summed E-state index contributed by atoms with van der Waals surface area (Å²) in [6.45, 7) is 10.3. The van der Waals surface area contributed by atoms with Crippen molar-refractivity contribution in [1.82, 2.24) is 15.1 Å². The largest absolute Gasteiger partial charge is 0.497 e. The minimum Gasteiger partial charge on any atom is -0.497 e. The second-order valence-electron chi connectivity index (χ2n) is 6.72. The third-order valence-electron chi connectivity index (χ3n) is 4.46. The number of anilines is 1. The lowest BCUT2D eigenvalue weighted by Gasteiger charge is -2.33. The van der Waals surface area contributed by atoms with Crippen LogP contribution in [0.25, 0.3) is 0 Å². The molecule has 1 aliphatic heterocycles. The minimum atomic E-state index is -0.159. The van der Waals surface area contributed by atoms with E-state index in [9.17, 15) is 4.79 Å². The minimum absolute atomic E-state index is 0.159. The lowest BCUT2D eigenvalue weighted by Crippen LogP contribution is -2.47. The van der Waals surface area contributed by atoms with Crippen LogP contribution in [-0.2, 0) is 0 Å². The Hall–Kier alpha value is -1.79. The smallest absolute Gasteiger partial charge is 0.319 e. The van der Waals surface area contributed by atoms with Crippen molar-refractivity contribution < 1.29 is 9.53 Å². The first-order valence-electron chi connectivity index (χ1n) is 8.58. The number of hydrogen-bond acceptors (Lipinski definition) is 4. The number of methoxy groups -OCH3 is 1. The number of nitrogens with one attached hydrogen (secondary N) is 2. The fraction of sp³-hybridized carbons (Fsp3) is 0.611. The van der Waals surface area contributed by atoms with Gasteiger partial charge in [0.25, 0.3) is 0 Å². The second-order valence-corrected chi connectivity index (χ2v) is 6.72. The Labute approximate surface area is 145 Å². The summed E-state index contributed by atoms with van der Waals surface area (Å²) in [5, 5.41) is 5.87. The van der Waals surface area contributed by atoms with Crippen molar-refractivity contribution in [2.45, 2.75) is 13.8 Å². The third kappa shape index (κ3) is 5.69. The van der Waals surface area contributed by atoms with Crippen molar-refractivity contribution in [1.29, 1.82) is 0 Å². The number of aryl methyl sites for hydroxylation is 1. The number of amides is 2. The SMILES string of the molecule is COc1ccc(NC(=O)NC[C@@H](C)CN2CCN(C)CC2)c(C)c1. The van der Waals surface area contributed by atoms with E-state index in [4.69, 9.17) is 4.74 Å². The molecule has 1 fully saturated rings. The number of likely N-dealkylation sites (N-methyl/N-ethyl adjacent to an activating group) is 1. The molecule has 0 saturated carbocycles. The van der Waals surface area contributed by atoms with Crippen LogP contribution in [0.4, 0.5) is 10.5 Å². The lowest BCUT2D eigenvalue weighted by molar-refractivity contribution is 0.138. The summed E-state index contributed by atoms with van der Waals surface area (Å²) in [4.78, 5) is 16.9. The number of urea groups is 1. The Morgan fingerprint density at radius 1 is 1.29 bits per heavy atom. The Balaban J connectivity index is 1.72. The molecule has 134 valence electrons. The Kier molecular flexibility index (Phi) is 6.87. The Morgan fingerprint density at radius 3 is 2.62 bits per heavy atom. The summed E-state index contributed by atoms with van der Waals surface area (Å²) >= 11 is 0. The van der Waals surface area contributed by atoms with Crippen molar-refractivity contribution >= 4 is 11.7 Å². The van der Waals surface area contributed by atoms with Crippen molar-refractivity contribution in [3.05, 3.63) is 23.8 Å². The van der Waals surface area contributed by atoms with Gasteiger partial charge < -0.3 is 25.2 Å². The van der Waals surface area contributed by atoms with Crippen molar-refractivity contribution in [2.75, 3.05) is 58.7 Å². The Morgan fingerprint density at radius 2 is 2.00 bits per heavy atom. The summed E-state index contributed by atoms with van der Waals surface area (Å²) in [5.41, 5.74) is 1.79. The molecule has 24 heavy (non-hydrogen) atoms. The van der Waals surface area contributed by atoms with Crippen LogP contribution in [0.5, 0.6) is 5.75 Å². The van der Waals surface area contributed by atoms with Gasteiger partial charge in [0.1, 0.15) is 5.75 Å². The van der Waals surface area contributed by atoms with Gasteiger partial charge in [0.05, 0.1) is 7.11 Å². The maximum Gasteiger partial charge on any atom is 0.319 e. The monoisotopic (exact) mass is 334 g/mol. The number of benzene rings is 1. The number of hydrogen-bond donors (Lipinski definition) is 2. The molecule has 1 saturated heterocycles. The fourth-order valence-corrected chi connectivity index (χ4v) is 2.87. The lowest BCUT2D eigenvalue weighted by atomic mass is 10.1. The van der Waals surface area contributed by atoms with Crippen LogP contribution < -0.4 is 15.4 Å². The van der Waals surface area contributed by atoms with E-state index in [-0.39, 0.29) is 6.03 Å². The molecule has 1 heterocycles. The van der Waals surface area contributed by atoms with Crippen LogP contribution in [0.3, 0.4) is 0 Å². The van der Waals surface area contributed by atoms with E-state index < -0.39 is 0 Å². The summed E-state index contributed by atoms with van der Waals surface area (Å²) in [5.74, 6) is 1.22. The van der Waals surface area contributed by atoms with Gasteiger partial charge >= 0.3 is 6.03 Å². The first kappa shape index (κ1) is 18.5. The standard InChI is InChI=1S/C18H30N4O2/c1-14(13-22-9-7-21(3)8-10-22)12-19-18(23)20-17-6-5-16(24-4)11-15(17)2/h5-6,11,14H,7-10,12-13H2,1-4H3,(H2,19,20,23)/t14-/m1/s1. The molecular weight excluding hydrogens is 304 g/mol. The van der Waals surface area contributed by atoms with Gasteiger partial charge in [-0.05, 0) is 43.7 Å². The van der Waals surface area contributed by atoms with Gasteiger partial charge in [-0.25, -0.2) is 4.79 Å². The average Bonchev–Trinajstić information content (AvgIpc) is 2.57. The van der Waals surface area contributed by atoms with E-state index in [0.29, 0.717) is 12.5 Å². The second kappa shape index (κ2) is 8.89. The molecule has 2 amide bonds. The molecule has 6 nitrogen and oxygen atoms in total. The summed E-state index contributed by atoms with van der Waals surface area (Å²) in [6.07, 6.45) is 0. The number of carbonyl (C=O) groups excluding carboxylic acids is 1. The number of ether oxygens (including phenoxy) is 1. The first-order valence-corrected chi connectivity index (χ1v) is 8.58. The molecule has 6 heteroatoms. The maximum absolute atomic E-state index is 12.1. The number of rotatable bonds is 6. The molecule has 1 aliphatic rings. The van der Waals surface area contributed by atoms with Crippen LogP contribution in [0.1, 0.15) is 12.5 Å². The quantitative estimate of drug-likeness (QED) is 0.836. The van der Waals surface area contributed by atoms with Crippen molar-refractivity contribution in [2.24, 2.45) is 5.92 Å². The fourth-order valence-electron chi connectivity index (χ4n) is 2.87. The molecule has 0 spiro atoms.